The Kier molecular flexibility index (Phi) is 3.79. The molecule has 0 aromatic rings. The molecule has 14 heavy (non-hydrogen) atoms. The largest absolute Gasteiger partial charge is 0.395 e. The molecule has 0 amide bonds. The highest BCUT2D eigenvalue weighted by atomic mass is 16.3. The molecular formula is C11H22N2O. The van der Waals surface area contributed by atoms with Crippen molar-refractivity contribution in [3.05, 3.63) is 0 Å². The number of nitrogens with zero attached hydrogens (tertiary/aromatic N) is 1. The Balaban J connectivity index is 1.87. The first-order valence-corrected chi connectivity index (χ1v) is 5.97. The third-order valence-electron chi connectivity index (χ3n) is 3.72. The maximum atomic E-state index is 9.44. The van der Waals surface area contributed by atoms with Crippen LogP contribution in [0.25, 0.3) is 0 Å². The second-order valence-electron chi connectivity index (χ2n) is 4.58. The van der Waals surface area contributed by atoms with Gasteiger partial charge in [0.15, 0.2) is 0 Å². The molecule has 1 aliphatic carbocycles. The fraction of sp³-hybridized carbons (Fsp3) is 1.00. The average Bonchev–Trinajstić information content (AvgIpc) is 2.38. The topological polar surface area (TPSA) is 35.5 Å². The SMILES string of the molecule is OCC(C1CCC1)N1CCCNCC1. The molecular weight excluding hydrogens is 176 g/mol. The molecule has 0 radical (unpaired) electrons. The summed E-state index contributed by atoms with van der Waals surface area (Å²) in [6, 6.07) is 0.448. The standard InChI is InChI=1S/C11H22N2O/c14-9-11(10-3-1-4-10)13-7-2-5-12-6-8-13/h10-12,14H,1-9H2. The third-order valence-corrected chi connectivity index (χ3v) is 3.72. The highest BCUT2D eigenvalue weighted by Crippen LogP contribution is 2.32. The van der Waals surface area contributed by atoms with E-state index in [2.05, 4.69) is 10.2 Å². The Morgan fingerprint density at radius 3 is 2.71 bits per heavy atom. The van der Waals surface area contributed by atoms with Crippen LogP contribution in [0.2, 0.25) is 0 Å². The molecule has 1 saturated carbocycles. The minimum Gasteiger partial charge on any atom is -0.395 e. The minimum atomic E-state index is 0.352. The average molecular weight is 198 g/mol. The molecule has 1 saturated heterocycles. The van der Waals surface area contributed by atoms with Gasteiger partial charge in [0.25, 0.3) is 0 Å². The summed E-state index contributed by atoms with van der Waals surface area (Å²) in [5, 5.41) is 12.9. The van der Waals surface area contributed by atoms with Crippen molar-refractivity contribution in [2.45, 2.75) is 31.7 Å². The lowest BCUT2D eigenvalue weighted by Gasteiger charge is -2.39. The molecule has 1 heterocycles. The first-order chi connectivity index (χ1) is 6.92. The normalized spacial score (nSPS) is 28.1. The van der Waals surface area contributed by atoms with Crippen LogP contribution in [0, 0.1) is 5.92 Å². The van der Waals surface area contributed by atoms with E-state index < -0.39 is 0 Å². The number of hydrogen-bond acceptors (Lipinski definition) is 3. The first-order valence-electron chi connectivity index (χ1n) is 5.97. The highest BCUT2D eigenvalue weighted by molar-refractivity contribution is 4.85. The molecule has 0 aromatic carbocycles. The molecule has 0 spiro atoms. The smallest absolute Gasteiger partial charge is 0.0589 e. The van der Waals surface area contributed by atoms with Gasteiger partial charge in [0, 0.05) is 19.1 Å². The van der Waals surface area contributed by atoms with Crippen molar-refractivity contribution in [2.75, 3.05) is 32.8 Å². The van der Waals surface area contributed by atoms with E-state index in [1.807, 2.05) is 0 Å². The summed E-state index contributed by atoms with van der Waals surface area (Å²) >= 11 is 0. The zero-order valence-corrected chi connectivity index (χ0v) is 8.91. The second kappa shape index (κ2) is 5.10. The van der Waals surface area contributed by atoms with Crippen molar-refractivity contribution in [3.63, 3.8) is 0 Å². The maximum Gasteiger partial charge on any atom is 0.0589 e. The van der Waals surface area contributed by atoms with E-state index in [0.717, 1.165) is 32.1 Å². The van der Waals surface area contributed by atoms with E-state index in [4.69, 9.17) is 0 Å². The predicted octanol–water partition coefficient (Wildman–Crippen LogP) is 0.443. The first kappa shape index (κ1) is 10.4. The van der Waals surface area contributed by atoms with E-state index in [1.165, 1.54) is 25.7 Å². The molecule has 82 valence electrons. The van der Waals surface area contributed by atoms with Gasteiger partial charge in [-0.3, -0.25) is 4.90 Å². The summed E-state index contributed by atoms with van der Waals surface area (Å²) in [6.45, 7) is 4.85. The summed E-state index contributed by atoms with van der Waals surface area (Å²) in [7, 11) is 0. The van der Waals surface area contributed by atoms with Crippen molar-refractivity contribution in [1.29, 1.82) is 0 Å². The van der Waals surface area contributed by atoms with Crippen molar-refractivity contribution in [1.82, 2.24) is 10.2 Å². The molecule has 2 fully saturated rings. The van der Waals surface area contributed by atoms with Gasteiger partial charge < -0.3 is 10.4 Å². The molecule has 1 unspecified atom stereocenters. The number of rotatable bonds is 3. The molecule has 2 N–H and O–H groups in total. The van der Waals surface area contributed by atoms with Crippen molar-refractivity contribution in [2.24, 2.45) is 5.92 Å². The molecule has 1 aliphatic heterocycles. The summed E-state index contributed by atoms with van der Waals surface area (Å²) in [5.74, 6) is 0.776. The van der Waals surface area contributed by atoms with Crippen LogP contribution in [0.5, 0.6) is 0 Å². The Morgan fingerprint density at radius 2 is 2.07 bits per heavy atom. The quantitative estimate of drug-likeness (QED) is 0.691. The Hall–Kier alpha value is -0.120. The van der Waals surface area contributed by atoms with Crippen molar-refractivity contribution in [3.8, 4) is 0 Å². The van der Waals surface area contributed by atoms with Crippen LogP contribution >= 0.6 is 0 Å². The highest BCUT2D eigenvalue weighted by Gasteiger charge is 2.31. The number of aliphatic hydroxyl groups is 1. The van der Waals surface area contributed by atoms with Gasteiger partial charge in [-0.2, -0.15) is 0 Å². The van der Waals surface area contributed by atoms with Crippen LogP contribution < -0.4 is 5.32 Å². The van der Waals surface area contributed by atoms with E-state index in [9.17, 15) is 5.11 Å². The summed E-state index contributed by atoms with van der Waals surface area (Å²) in [6.07, 6.45) is 5.25. The molecule has 2 rings (SSSR count). The fourth-order valence-corrected chi connectivity index (χ4v) is 2.59. The van der Waals surface area contributed by atoms with Crippen LogP contribution in [0.1, 0.15) is 25.7 Å². The van der Waals surface area contributed by atoms with Gasteiger partial charge in [0.05, 0.1) is 6.61 Å². The molecule has 2 aliphatic rings. The lowest BCUT2D eigenvalue weighted by atomic mass is 9.79. The second-order valence-corrected chi connectivity index (χ2v) is 4.58. The van der Waals surface area contributed by atoms with Gasteiger partial charge in [-0.05, 0) is 38.3 Å². The summed E-state index contributed by atoms with van der Waals surface area (Å²) in [5.41, 5.74) is 0. The van der Waals surface area contributed by atoms with Crippen molar-refractivity contribution >= 4 is 0 Å². The summed E-state index contributed by atoms with van der Waals surface area (Å²) in [4.78, 5) is 2.49. The van der Waals surface area contributed by atoms with E-state index in [-0.39, 0.29) is 0 Å². The van der Waals surface area contributed by atoms with Gasteiger partial charge in [-0.15, -0.1) is 0 Å². The Bertz CT molecular complexity index is 163. The van der Waals surface area contributed by atoms with Gasteiger partial charge in [-0.1, -0.05) is 6.42 Å². The van der Waals surface area contributed by atoms with E-state index in [0.29, 0.717) is 12.6 Å². The van der Waals surface area contributed by atoms with Gasteiger partial charge >= 0.3 is 0 Å². The minimum absolute atomic E-state index is 0.352. The molecule has 0 bridgehead atoms. The van der Waals surface area contributed by atoms with Crippen LogP contribution in [0.3, 0.4) is 0 Å². The van der Waals surface area contributed by atoms with Crippen LogP contribution in [0.15, 0.2) is 0 Å². The molecule has 1 atom stereocenters. The van der Waals surface area contributed by atoms with Crippen LogP contribution in [0.4, 0.5) is 0 Å². The zero-order chi connectivity index (χ0) is 9.80. The van der Waals surface area contributed by atoms with Crippen LogP contribution in [-0.2, 0) is 0 Å². The van der Waals surface area contributed by atoms with Crippen molar-refractivity contribution < 1.29 is 5.11 Å². The molecule has 3 heteroatoms. The number of hydrogen-bond donors (Lipinski definition) is 2. The summed E-state index contributed by atoms with van der Waals surface area (Å²) < 4.78 is 0. The monoisotopic (exact) mass is 198 g/mol. The lowest BCUT2D eigenvalue weighted by molar-refractivity contribution is 0.0524. The van der Waals surface area contributed by atoms with E-state index in [1.54, 1.807) is 0 Å². The van der Waals surface area contributed by atoms with Gasteiger partial charge in [-0.25, -0.2) is 0 Å². The van der Waals surface area contributed by atoms with Gasteiger partial charge in [0.1, 0.15) is 0 Å². The van der Waals surface area contributed by atoms with E-state index >= 15 is 0 Å². The third kappa shape index (κ3) is 2.27. The lowest BCUT2D eigenvalue weighted by Crippen LogP contribution is -2.46. The maximum absolute atomic E-state index is 9.44. The fourth-order valence-electron chi connectivity index (χ4n) is 2.59. The zero-order valence-electron chi connectivity index (χ0n) is 8.91. The predicted molar refractivity (Wildman–Crippen MR) is 57.3 cm³/mol. The Morgan fingerprint density at radius 1 is 1.21 bits per heavy atom. The Labute approximate surface area is 86.5 Å². The molecule has 3 nitrogen and oxygen atoms in total. The van der Waals surface area contributed by atoms with Gasteiger partial charge in [0.2, 0.25) is 0 Å². The molecule has 0 aromatic heterocycles. The number of nitrogens with one attached hydrogen (secondary N) is 1. The number of aliphatic hydroxyl groups excluding tert-OH is 1. The van der Waals surface area contributed by atoms with Crippen LogP contribution in [-0.4, -0.2) is 48.8 Å².